The molecule has 9 nitrogen and oxygen atoms in total. The quantitative estimate of drug-likeness (QED) is 0.0156. The highest BCUT2D eigenvalue weighted by molar-refractivity contribution is 7.47. The van der Waals surface area contributed by atoms with E-state index >= 15 is 0 Å². The van der Waals surface area contributed by atoms with Crippen LogP contribution in [0.2, 0.25) is 0 Å². The minimum atomic E-state index is -4.45. The SMILES string of the molecule is CCCCC/C=C/C=C/CCCCCCCCC(=O)OC(/C=C\CCCCCCCCCCC)C(COP(=O)(O)OCC[N+](C)(C)C)NC(=O)CCCCCCCCCCCCCCCCCCCCCCCCCCC. The lowest BCUT2D eigenvalue weighted by Crippen LogP contribution is -2.47. The van der Waals surface area contributed by atoms with Crippen LogP contribution in [0.15, 0.2) is 36.5 Å². The normalized spacial score (nSPS) is 13.8. The average molecular weight is 1110 g/mol. The summed E-state index contributed by atoms with van der Waals surface area (Å²) in [6, 6.07) is -0.849. The Morgan fingerprint density at radius 2 is 0.779 bits per heavy atom. The highest BCUT2D eigenvalue weighted by Crippen LogP contribution is 2.43. The summed E-state index contributed by atoms with van der Waals surface area (Å²) in [5.41, 5.74) is 0. The average Bonchev–Trinajstić information content (AvgIpc) is 3.39. The van der Waals surface area contributed by atoms with E-state index in [1.165, 1.54) is 218 Å². The summed E-state index contributed by atoms with van der Waals surface area (Å²) < 4.78 is 30.7. The van der Waals surface area contributed by atoms with Crippen molar-refractivity contribution in [2.75, 3.05) is 40.9 Å². The lowest BCUT2D eigenvalue weighted by atomic mass is 10.0. The molecule has 3 unspecified atom stereocenters. The second-order valence-electron chi connectivity index (χ2n) is 24.0. The number of carbonyl (C=O) groups excluding carboxylic acids is 2. The van der Waals surface area contributed by atoms with Crippen molar-refractivity contribution in [3.8, 4) is 0 Å². The van der Waals surface area contributed by atoms with Gasteiger partial charge in [-0.25, -0.2) is 4.57 Å². The molecule has 454 valence electrons. The number of ether oxygens (including phenoxy) is 1. The Bertz CT molecular complexity index is 1410. The van der Waals surface area contributed by atoms with Crippen molar-refractivity contribution in [3.63, 3.8) is 0 Å². The van der Waals surface area contributed by atoms with E-state index in [9.17, 15) is 19.0 Å². The molecule has 2 N–H and O–H groups in total. The van der Waals surface area contributed by atoms with E-state index in [-0.39, 0.29) is 31.5 Å². The number of quaternary nitrogens is 1. The number of esters is 1. The van der Waals surface area contributed by atoms with Crippen molar-refractivity contribution < 1.29 is 37.3 Å². The molecule has 0 aliphatic rings. The summed E-state index contributed by atoms with van der Waals surface area (Å²) in [5.74, 6) is -0.504. The summed E-state index contributed by atoms with van der Waals surface area (Å²) in [4.78, 5) is 37.7. The van der Waals surface area contributed by atoms with Crippen LogP contribution in [0.4, 0.5) is 0 Å². The zero-order valence-electron chi connectivity index (χ0n) is 52.0. The van der Waals surface area contributed by atoms with Gasteiger partial charge in [-0.1, -0.05) is 295 Å². The molecule has 0 saturated carbocycles. The molecule has 10 heteroatoms. The molecule has 0 aromatic heterocycles. The number of likely N-dealkylation sites (N-methyl/N-ethyl adjacent to an activating group) is 1. The zero-order valence-corrected chi connectivity index (χ0v) is 52.9. The van der Waals surface area contributed by atoms with Gasteiger partial charge >= 0.3 is 13.8 Å². The van der Waals surface area contributed by atoms with Crippen LogP contribution >= 0.6 is 7.82 Å². The molecule has 0 bridgehead atoms. The van der Waals surface area contributed by atoms with Crippen LogP contribution in [0, 0.1) is 0 Å². The molecule has 1 amide bonds. The molecule has 77 heavy (non-hydrogen) atoms. The Kier molecular flexibility index (Phi) is 56.1. The molecule has 0 spiro atoms. The largest absolute Gasteiger partial charge is 0.472 e. The first kappa shape index (κ1) is 75.2. The standard InChI is InChI=1S/C67H129N2O7P/c1-7-10-13-16-19-22-25-27-29-30-31-32-33-34-35-36-37-38-40-41-44-47-50-53-56-59-66(70)68-64(63-75-77(72,73)74-62-61-69(4,5)6)65(58-55-52-49-46-43-24-21-18-15-12-9-3)76-67(71)60-57-54-51-48-45-42-39-28-26-23-20-17-14-11-8-2/h20,23,26,28,55,58,64-65H,7-19,21-22,24-25,27,29-54,56-57,59-63H2,1-6H3,(H-,68,70,72,73)/p+1/b23-20+,28-26+,58-55-. The monoisotopic (exact) mass is 1110 g/mol. The fourth-order valence-electron chi connectivity index (χ4n) is 9.93. The van der Waals surface area contributed by atoms with Crippen molar-refractivity contribution in [2.24, 2.45) is 0 Å². The number of rotatable bonds is 61. The molecule has 0 rings (SSSR count). The van der Waals surface area contributed by atoms with Crippen molar-refractivity contribution in [1.29, 1.82) is 0 Å². The first-order valence-electron chi connectivity index (χ1n) is 33.3. The number of carbonyl (C=O) groups is 2. The molecule has 3 atom stereocenters. The fraction of sp³-hybridized carbons (Fsp3) is 0.881. The van der Waals surface area contributed by atoms with Gasteiger partial charge in [-0.05, 0) is 57.4 Å². The van der Waals surface area contributed by atoms with Crippen molar-refractivity contribution in [2.45, 2.75) is 341 Å². The summed E-state index contributed by atoms with van der Waals surface area (Å²) >= 11 is 0. The number of nitrogens with zero attached hydrogens (tertiary/aromatic N) is 1. The number of hydrogen-bond donors (Lipinski definition) is 2. The van der Waals surface area contributed by atoms with E-state index in [4.69, 9.17) is 13.8 Å². The van der Waals surface area contributed by atoms with Gasteiger partial charge in [0, 0.05) is 12.8 Å². The van der Waals surface area contributed by atoms with Crippen molar-refractivity contribution in [1.82, 2.24) is 5.32 Å². The Labute approximate surface area is 478 Å². The van der Waals surface area contributed by atoms with Crippen molar-refractivity contribution >= 4 is 19.7 Å². The maximum Gasteiger partial charge on any atom is 0.472 e. The number of nitrogens with one attached hydrogen (secondary N) is 1. The Balaban J connectivity index is 5.02. The molecule has 0 radical (unpaired) electrons. The minimum Gasteiger partial charge on any atom is -0.456 e. The van der Waals surface area contributed by atoms with Gasteiger partial charge in [-0.15, -0.1) is 0 Å². The Hall–Kier alpha value is -1.77. The van der Waals surface area contributed by atoms with Gasteiger partial charge in [-0.2, -0.15) is 0 Å². The maximum absolute atomic E-state index is 13.6. The molecule has 0 fully saturated rings. The van der Waals surface area contributed by atoms with Crippen LogP contribution in [0.3, 0.4) is 0 Å². The Morgan fingerprint density at radius 1 is 0.455 bits per heavy atom. The van der Waals surface area contributed by atoms with E-state index in [0.29, 0.717) is 17.4 Å². The van der Waals surface area contributed by atoms with E-state index in [1.54, 1.807) is 0 Å². The van der Waals surface area contributed by atoms with Gasteiger partial charge in [0.25, 0.3) is 0 Å². The number of phosphoric acid groups is 1. The first-order chi connectivity index (χ1) is 37.4. The summed E-state index contributed by atoms with van der Waals surface area (Å²) in [5, 5.41) is 3.06. The van der Waals surface area contributed by atoms with Gasteiger partial charge in [0.1, 0.15) is 19.3 Å². The third kappa shape index (κ3) is 58.7. The predicted molar refractivity (Wildman–Crippen MR) is 332 cm³/mol. The van der Waals surface area contributed by atoms with Crippen LogP contribution < -0.4 is 5.32 Å². The fourth-order valence-corrected chi connectivity index (χ4v) is 10.7. The van der Waals surface area contributed by atoms with Crippen LogP contribution in [-0.4, -0.2) is 74.3 Å². The third-order valence-electron chi connectivity index (χ3n) is 15.1. The van der Waals surface area contributed by atoms with Gasteiger partial charge in [0.15, 0.2) is 0 Å². The molecular weight excluding hydrogens is 976 g/mol. The first-order valence-corrected chi connectivity index (χ1v) is 34.8. The summed E-state index contributed by atoms with van der Waals surface area (Å²) in [6.07, 6.45) is 70.1. The van der Waals surface area contributed by atoms with Crippen LogP contribution in [0.5, 0.6) is 0 Å². The second kappa shape index (κ2) is 57.5. The van der Waals surface area contributed by atoms with Gasteiger partial charge in [0.2, 0.25) is 5.91 Å². The van der Waals surface area contributed by atoms with Crippen LogP contribution in [0.25, 0.3) is 0 Å². The number of phosphoric ester groups is 1. The van der Waals surface area contributed by atoms with Gasteiger partial charge in [0.05, 0.1) is 33.8 Å². The van der Waals surface area contributed by atoms with E-state index in [1.807, 2.05) is 33.3 Å². The molecule has 0 heterocycles. The topological polar surface area (TPSA) is 111 Å². The van der Waals surface area contributed by atoms with Crippen LogP contribution in [0.1, 0.15) is 329 Å². The summed E-state index contributed by atoms with van der Waals surface area (Å²) in [7, 11) is 1.50. The molecule has 0 aliphatic carbocycles. The molecule has 0 aromatic carbocycles. The molecule has 0 aliphatic heterocycles. The highest BCUT2D eigenvalue weighted by atomic mass is 31.2. The number of hydrogen-bond acceptors (Lipinski definition) is 6. The smallest absolute Gasteiger partial charge is 0.456 e. The van der Waals surface area contributed by atoms with Gasteiger partial charge in [-0.3, -0.25) is 18.6 Å². The van der Waals surface area contributed by atoms with E-state index in [0.717, 1.165) is 77.0 Å². The second-order valence-corrected chi connectivity index (χ2v) is 25.5. The lowest BCUT2D eigenvalue weighted by molar-refractivity contribution is -0.870. The minimum absolute atomic E-state index is 0.0405. The third-order valence-corrected chi connectivity index (χ3v) is 16.1. The van der Waals surface area contributed by atoms with E-state index in [2.05, 4.69) is 50.4 Å². The zero-order chi connectivity index (χ0) is 56.4. The molecule has 0 aromatic rings. The lowest BCUT2D eigenvalue weighted by Gasteiger charge is -2.27. The van der Waals surface area contributed by atoms with Crippen molar-refractivity contribution in [3.05, 3.63) is 36.5 Å². The van der Waals surface area contributed by atoms with Gasteiger partial charge < -0.3 is 19.4 Å². The molecular formula is C67H130N2O7P+. The van der Waals surface area contributed by atoms with E-state index < -0.39 is 20.0 Å². The Morgan fingerprint density at radius 3 is 1.17 bits per heavy atom. The maximum atomic E-state index is 13.6. The van der Waals surface area contributed by atoms with Crippen LogP contribution in [-0.2, 0) is 27.9 Å². The number of unbranched alkanes of at least 4 members (excludes halogenated alkanes) is 42. The molecule has 0 saturated heterocycles. The highest BCUT2D eigenvalue weighted by Gasteiger charge is 2.30. The summed E-state index contributed by atoms with van der Waals surface area (Å²) in [6.45, 7) is 7.01. The number of allylic oxidation sites excluding steroid dienone is 5. The predicted octanol–water partition coefficient (Wildman–Crippen LogP) is 20.7. The number of amides is 1.